The van der Waals surface area contributed by atoms with E-state index in [9.17, 15) is 9.59 Å². The fraction of sp³-hybridized carbons (Fsp3) is 0.0741. The molecule has 178 valence electrons. The first-order chi connectivity index (χ1) is 17.0. The number of benzene rings is 3. The molecule has 3 rings (SSSR count). The van der Waals surface area contributed by atoms with Crippen LogP contribution >= 0.6 is 15.9 Å². The van der Waals surface area contributed by atoms with Gasteiger partial charge in [0.15, 0.2) is 11.5 Å². The van der Waals surface area contributed by atoms with Crippen LogP contribution in [0.5, 0.6) is 11.5 Å². The van der Waals surface area contributed by atoms with Gasteiger partial charge in [0.25, 0.3) is 11.8 Å². The first-order valence-electron chi connectivity index (χ1n) is 10.6. The van der Waals surface area contributed by atoms with Crippen LogP contribution < -0.4 is 20.2 Å². The summed E-state index contributed by atoms with van der Waals surface area (Å²) in [5.74, 6) is 0.00829. The number of amides is 2. The summed E-state index contributed by atoms with van der Waals surface area (Å²) in [6.45, 7) is 0. The topological polar surface area (TPSA) is 89.0 Å². The van der Waals surface area contributed by atoms with E-state index in [1.165, 1.54) is 26.5 Å². The van der Waals surface area contributed by atoms with Gasteiger partial charge >= 0.3 is 0 Å². The van der Waals surface area contributed by atoms with Gasteiger partial charge < -0.3 is 14.8 Å². The average molecular weight is 534 g/mol. The highest BCUT2D eigenvalue weighted by molar-refractivity contribution is 9.12. The van der Waals surface area contributed by atoms with E-state index in [0.29, 0.717) is 27.1 Å². The normalized spacial score (nSPS) is 11.7. The van der Waals surface area contributed by atoms with Gasteiger partial charge in [-0.05, 0) is 63.5 Å². The largest absolute Gasteiger partial charge is 0.493 e. The molecule has 2 amide bonds. The molecule has 0 spiro atoms. The van der Waals surface area contributed by atoms with Crippen molar-refractivity contribution in [3.63, 3.8) is 0 Å². The van der Waals surface area contributed by atoms with Crippen LogP contribution in [0, 0.1) is 0 Å². The maximum atomic E-state index is 12.9. The molecular weight excluding hydrogens is 510 g/mol. The summed E-state index contributed by atoms with van der Waals surface area (Å²) < 4.78 is 11.2. The number of nitrogens with one attached hydrogen (secondary N) is 2. The zero-order valence-corrected chi connectivity index (χ0v) is 20.8. The van der Waals surface area contributed by atoms with E-state index in [1.807, 2.05) is 36.4 Å². The quantitative estimate of drug-likeness (QED) is 0.230. The number of rotatable bonds is 9. The lowest BCUT2D eigenvalue weighted by molar-refractivity contribution is -0.117. The van der Waals surface area contributed by atoms with Crippen molar-refractivity contribution >= 4 is 46.1 Å². The summed E-state index contributed by atoms with van der Waals surface area (Å²) >= 11 is 3.41. The Kier molecular flexibility index (Phi) is 9.39. The minimum Gasteiger partial charge on any atom is -0.493 e. The minimum atomic E-state index is -0.597. The van der Waals surface area contributed by atoms with Crippen molar-refractivity contribution in [2.75, 3.05) is 14.2 Å². The van der Waals surface area contributed by atoms with Gasteiger partial charge in [0.05, 0.1) is 20.4 Å². The average Bonchev–Trinajstić information content (AvgIpc) is 2.89. The van der Waals surface area contributed by atoms with E-state index >= 15 is 0 Å². The number of hydrogen-bond acceptors (Lipinski definition) is 5. The molecule has 3 aromatic rings. The molecule has 0 aromatic heterocycles. The van der Waals surface area contributed by atoms with Crippen molar-refractivity contribution < 1.29 is 19.1 Å². The number of carbonyl (C=O) groups excluding carboxylic acids is 2. The number of methoxy groups -OCH3 is 2. The lowest BCUT2D eigenvalue weighted by Crippen LogP contribution is -2.32. The molecule has 0 saturated carbocycles. The van der Waals surface area contributed by atoms with Gasteiger partial charge in [-0.1, -0.05) is 54.6 Å². The monoisotopic (exact) mass is 533 g/mol. The standard InChI is InChI=1S/C27H24BrN3O4/c1-34-24-14-13-20(17-25(24)35-2)16-23(30-26(32)21-11-7-4-8-12-21)27(33)31-29-18-22(28)15-19-9-5-3-6-10-19/h3-18H,1-2H3,(H,30,32)(H,31,33). The summed E-state index contributed by atoms with van der Waals surface area (Å²) in [5, 5.41) is 6.66. The second kappa shape index (κ2) is 12.9. The van der Waals surface area contributed by atoms with Gasteiger partial charge in [0, 0.05) is 10.0 Å². The third-order valence-corrected chi connectivity index (χ3v) is 5.14. The molecule has 0 unspecified atom stereocenters. The molecule has 3 aromatic carbocycles. The Hall–Kier alpha value is -4.17. The second-order valence-corrected chi connectivity index (χ2v) is 8.05. The number of hydrogen-bond donors (Lipinski definition) is 2. The summed E-state index contributed by atoms with van der Waals surface area (Å²) in [6, 6.07) is 23.4. The number of halogens is 1. The number of allylic oxidation sites excluding steroid dienone is 1. The van der Waals surface area contributed by atoms with Crippen LogP contribution in [0.2, 0.25) is 0 Å². The number of nitrogens with zero attached hydrogens (tertiary/aromatic N) is 1. The molecule has 0 aliphatic carbocycles. The van der Waals surface area contributed by atoms with Crippen LogP contribution in [0.15, 0.2) is 94.1 Å². The van der Waals surface area contributed by atoms with Crippen LogP contribution in [-0.4, -0.2) is 32.2 Å². The summed E-state index contributed by atoms with van der Waals surface area (Å²) in [6.07, 6.45) is 4.84. The summed E-state index contributed by atoms with van der Waals surface area (Å²) in [5.41, 5.74) is 4.46. The third-order valence-electron chi connectivity index (χ3n) is 4.71. The first-order valence-corrected chi connectivity index (χ1v) is 11.3. The Labute approximate surface area is 212 Å². The van der Waals surface area contributed by atoms with E-state index in [0.717, 1.165) is 5.56 Å². The Morgan fingerprint density at radius 3 is 2.14 bits per heavy atom. The van der Waals surface area contributed by atoms with E-state index in [-0.39, 0.29) is 5.70 Å². The summed E-state index contributed by atoms with van der Waals surface area (Å²) in [7, 11) is 3.06. The molecule has 0 radical (unpaired) electrons. The predicted octanol–water partition coefficient (Wildman–Crippen LogP) is 5.01. The van der Waals surface area contributed by atoms with Gasteiger partial charge in [-0.25, -0.2) is 5.43 Å². The van der Waals surface area contributed by atoms with Gasteiger partial charge in [0.1, 0.15) is 5.70 Å². The lowest BCUT2D eigenvalue weighted by atomic mass is 10.1. The van der Waals surface area contributed by atoms with Crippen molar-refractivity contribution in [2.24, 2.45) is 5.10 Å². The van der Waals surface area contributed by atoms with Crippen molar-refractivity contribution in [1.82, 2.24) is 10.7 Å². The van der Waals surface area contributed by atoms with Crippen LogP contribution in [0.3, 0.4) is 0 Å². The van der Waals surface area contributed by atoms with Crippen LogP contribution in [0.4, 0.5) is 0 Å². The van der Waals surface area contributed by atoms with Crippen LogP contribution in [0.25, 0.3) is 12.2 Å². The third kappa shape index (κ3) is 7.68. The maximum absolute atomic E-state index is 12.9. The smallest absolute Gasteiger partial charge is 0.287 e. The van der Waals surface area contributed by atoms with Gasteiger partial charge in [0.2, 0.25) is 0 Å². The van der Waals surface area contributed by atoms with Gasteiger partial charge in [-0.15, -0.1) is 0 Å². The molecule has 7 nitrogen and oxygen atoms in total. The highest BCUT2D eigenvalue weighted by atomic mass is 79.9. The molecule has 0 aliphatic rings. The number of ether oxygens (including phenoxy) is 2. The fourth-order valence-corrected chi connectivity index (χ4v) is 3.38. The minimum absolute atomic E-state index is 0.00591. The number of hydrazone groups is 1. The summed E-state index contributed by atoms with van der Waals surface area (Å²) in [4.78, 5) is 25.7. The molecule has 0 fully saturated rings. The number of carbonyl (C=O) groups is 2. The molecule has 0 heterocycles. The Morgan fingerprint density at radius 1 is 0.829 bits per heavy atom. The van der Waals surface area contributed by atoms with Crippen LogP contribution in [-0.2, 0) is 4.79 Å². The first kappa shape index (κ1) is 25.5. The van der Waals surface area contributed by atoms with Crippen molar-refractivity contribution in [2.45, 2.75) is 0 Å². The van der Waals surface area contributed by atoms with Gasteiger partial charge in [-0.3, -0.25) is 9.59 Å². The fourth-order valence-electron chi connectivity index (χ4n) is 3.01. The SMILES string of the molecule is COc1ccc(C=C(NC(=O)c2ccccc2)C(=O)NN=CC(Br)=Cc2ccccc2)cc1OC. The van der Waals surface area contributed by atoms with E-state index in [2.05, 4.69) is 31.8 Å². The Balaban J connectivity index is 1.83. The Morgan fingerprint density at radius 2 is 1.49 bits per heavy atom. The zero-order valence-electron chi connectivity index (χ0n) is 19.2. The molecular formula is C27H24BrN3O4. The van der Waals surface area contributed by atoms with Gasteiger partial charge in [-0.2, -0.15) is 5.10 Å². The van der Waals surface area contributed by atoms with E-state index in [4.69, 9.17) is 9.47 Å². The van der Waals surface area contributed by atoms with Crippen molar-refractivity contribution in [3.8, 4) is 11.5 Å². The molecule has 0 saturated heterocycles. The molecule has 35 heavy (non-hydrogen) atoms. The van der Waals surface area contributed by atoms with Crippen molar-refractivity contribution in [3.05, 3.63) is 106 Å². The zero-order chi connectivity index (χ0) is 25.0. The highest BCUT2D eigenvalue weighted by Gasteiger charge is 2.15. The molecule has 0 atom stereocenters. The molecule has 0 aliphatic heterocycles. The lowest BCUT2D eigenvalue weighted by Gasteiger charge is -2.11. The van der Waals surface area contributed by atoms with Crippen LogP contribution in [0.1, 0.15) is 21.5 Å². The van der Waals surface area contributed by atoms with Crippen molar-refractivity contribution in [1.29, 1.82) is 0 Å². The highest BCUT2D eigenvalue weighted by Crippen LogP contribution is 2.28. The Bertz CT molecular complexity index is 1260. The van der Waals surface area contributed by atoms with E-state index in [1.54, 1.807) is 48.5 Å². The molecule has 0 bridgehead atoms. The second-order valence-electron chi connectivity index (χ2n) is 7.13. The molecule has 8 heteroatoms. The maximum Gasteiger partial charge on any atom is 0.287 e. The predicted molar refractivity (Wildman–Crippen MR) is 141 cm³/mol. The van der Waals surface area contributed by atoms with E-state index < -0.39 is 11.8 Å². The molecule has 2 N–H and O–H groups in total.